The number of piperidine rings is 1. The van der Waals surface area contributed by atoms with Crippen LogP contribution in [0.2, 0.25) is 0 Å². The molecule has 0 aliphatic carbocycles. The number of hydrogen-bond donors (Lipinski definition) is 2. The molecule has 1 aromatic carbocycles. The second-order valence-electron chi connectivity index (χ2n) is 7.10. The second-order valence-corrected chi connectivity index (χ2v) is 7.10. The van der Waals surface area contributed by atoms with Gasteiger partial charge in [-0.05, 0) is 62.4 Å². The van der Waals surface area contributed by atoms with Crippen molar-refractivity contribution < 1.29 is 9.59 Å². The monoisotopic (exact) mass is 329 g/mol. The number of hydrogen-bond acceptors (Lipinski definition) is 3. The summed E-state index contributed by atoms with van der Waals surface area (Å²) in [6, 6.07) is 7.56. The topological polar surface area (TPSA) is 61.4 Å². The fourth-order valence-corrected chi connectivity index (χ4v) is 3.46. The molecule has 0 radical (unpaired) electrons. The summed E-state index contributed by atoms with van der Waals surface area (Å²) in [5.41, 5.74) is 1.45. The predicted octanol–water partition coefficient (Wildman–Crippen LogP) is 2.64. The molecule has 3 rings (SSSR count). The van der Waals surface area contributed by atoms with Gasteiger partial charge in [0.15, 0.2) is 0 Å². The van der Waals surface area contributed by atoms with E-state index in [-0.39, 0.29) is 11.8 Å². The van der Waals surface area contributed by atoms with Crippen LogP contribution >= 0.6 is 0 Å². The Labute approximate surface area is 143 Å². The normalized spacial score (nSPS) is 21.7. The quantitative estimate of drug-likeness (QED) is 0.893. The zero-order valence-corrected chi connectivity index (χ0v) is 14.4. The third kappa shape index (κ3) is 4.35. The fraction of sp³-hybridized carbons (Fsp3) is 0.579. The van der Waals surface area contributed by atoms with Gasteiger partial charge in [0.05, 0.1) is 0 Å². The van der Waals surface area contributed by atoms with Crippen molar-refractivity contribution in [2.24, 2.45) is 5.92 Å². The van der Waals surface area contributed by atoms with Crippen molar-refractivity contribution in [1.29, 1.82) is 0 Å². The molecule has 24 heavy (non-hydrogen) atoms. The lowest BCUT2D eigenvalue weighted by molar-refractivity contribution is -0.116. The maximum atomic E-state index is 12.5. The van der Waals surface area contributed by atoms with E-state index < -0.39 is 0 Å². The minimum atomic E-state index is 0.0264. The molecule has 0 saturated carbocycles. The van der Waals surface area contributed by atoms with Crippen LogP contribution in [-0.4, -0.2) is 42.4 Å². The molecule has 0 bridgehead atoms. The molecular weight excluding hydrogens is 302 g/mol. The summed E-state index contributed by atoms with van der Waals surface area (Å²) < 4.78 is 0. The summed E-state index contributed by atoms with van der Waals surface area (Å²) in [5, 5.41) is 6.24. The van der Waals surface area contributed by atoms with Gasteiger partial charge in [0.25, 0.3) is 5.91 Å². The van der Waals surface area contributed by atoms with E-state index in [4.69, 9.17) is 0 Å². The minimum Gasteiger partial charge on any atom is -0.339 e. The highest BCUT2D eigenvalue weighted by molar-refractivity contribution is 5.96. The highest BCUT2D eigenvalue weighted by Crippen LogP contribution is 2.19. The van der Waals surface area contributed by atoms with Gasteiger partial charge in [-0.15, -0.1) is 0 Å². The van der Waals surface area contributed by atoms with Gasteiger partial charge in [-0.1, -0.05) is 6.92 Å². The maximum Gasteiger partial charge on any atom is 0.253 e. The first-order valence-corrected chi connectivity index (χ1v) is 9.04. The van der Waals surface area contributed by atoms with Gasteiger partial charge in [-0.3, -0.25) is 9.59 Å². The Morgan fingerprint density at radius 1 is 1.17 bits per heavy atom. The van der Waals surface area contributed by atoms with Crippen LogP contribution in [0.4, 0.5) is 5.69 Å². The number of nitrogens with zero attached hydrogens (tertiary/aromatic N) is 1. The molecule has 2 aliphatic heterocycles. The van der Waals surface area contributed by atoms with Crippen LogP contribution < -0.4 is 10.6 Å². The van der Waals surface area contributed by atoms with Gasteiger partial charge in [-0.25, -0.2) is 0 Å². The number of rotatable bonds is 4. The van der Waals surface area contributed by atoms with Crippen LogP contribution in [0, 0.1) is 5.92 Å². The highest BCUT2D eigenvalue weighted by atomic mass is 16.2. The Morgan fingerprint density at radius 2 is 1.88 bits per heavy atom. The third-order valence-electron chi connectivity index (χ3n) is 5.08. The Morgan fingerprint density at radius 3 is 2.50 bits per heavy atom. The molecule has 1 aromatic rings. The minimum absolute atomic E-state index is 0.0264. The molecule has 2 fully saturated rings. The lowest BCUT2D eigenvalue weighted by atomic mass is 9.98. The zero-order valence-electron chi connectivity index (χ0n) is 14.4. The van der Waals surface area contributed by atoms with Crippen LogP contribution in [0.1, 0.15) is 49.4 Å². The van der Waals surface area contributed by atoms with Gasteiger partial charge < -0.3 is 15.5 Å². The van der Waals surface area contributed by atoms with Crippen LogP contribution in [-0.2, 0) is 4.79 Å². The molecular formula is C19H27N3O2. The molecule has 1 unspecified atom stereocenters. The first-order chi connectivity index (χ1) is 11.6. The van der Waals surface area contributed by atoms with Crippen molar-refractivity contribution in [2.75, 3.05) is 25.0 Å². The van der Waals surface area contributed by atoms with E-state index in [1.807, 2.05) is 29.2 Å². The van der Waals surface area contributed by atoms with Gasteiger partial charge in [-0.2, -0.15) is 0 Å². The average molecular weight is 329 g/mol. The fourth-order valence-electron chi connectivity index (χ4n) is 3.46. The summed E-state index contributed by atoms with van der Waals surface area (Å²) in [7, 11) is 0. The van der Waals surface area contributed by atoms with E-state index in [0.717, 1.165) is 51.0 Å². The number of anilines is 1. The summed E-state index contributed by atoms with van der Waals surface area (Å²) in [5.74, 6) is 0.828. The van der Waals surface area contributed by atoms with Crippen molar-refractivity contribution in [3.8, 4) is 0 Å². The Kier molecular flexibility index (Phi) is 5.51. The van der Waals surface area contributed by atoms with E-state index in [9.17, 15) is 9.59 Å². The number of likely N-dealkylation sites (tertiary alicyclic amines) is 1. The Hall–Kier alpha value is -1.88. The van der Waals surface area contributed by atoms with E-state index in [1.165, 1.54) is 0 Å². The number of benzene rings is 1. The highest BCUT2D eigenvalue weighted by Gasteiger charge is 2.21. The van der Waals surface area contributed by atoms with Crippen molar-refractivity contribution >= 4 is 17.5 Å². The molecule has 5 heteroatoms. The number of nitrogens with one attached hydrogen (secondary N) is 2. The molecule has 2 saturated heterocycles. The molecule has 0 aromatic heterocycles. The molecule has 2 heterocycles. The SMILES string of the molecule is CC1CCN(C(=O)c2ccc(NC(=O)CC3CCCN3)cc2)CC1. The van der Waals surface area contributed by atoms with Crippen LogP contribution in [0.15, 0.2) is 24.3 Å². The molecule has 2 aliphatic rings. The smallest absolute Gasteiger partial charge is 0.253 e. The van der Waals surface area contributed by atoms with Gasteiger partial charge in [0, 0.05) is 36.8 Å². The number of amides is 2. The first-order valence-electron chi connectivity index (χ1n) is 9.04. The summed E-state index contributed by atoms with van der Waals surface area (Å²) >= 11 is 0. The lowest BCUT2D eigenvalue weighted by Crippen LogP contribution is -2.37. The van der Waals surface area contributed by atoms with E-state index in [0.29, 0.717) is 23.9 Å². The maximum absolute atomic E-state index is 12.5. The molecule has 5 nitrogen and oxygen atoms in total. The van der Waals surface area contributed by atoms with Crippen LogP contribution in [0.3, 0.4) is 0 Å². The largest absolute Gasteiger partial charge is 0.339 e. The molecule has 130 valence electrons. The third-order valence-corrected chi connectivity index (χ3v) is 5.08. The van der Waals surface area contributed by atoms with Crippen LogP contribution in [0.5, 0.6) is 0 Å². The first kappa shape index (κ1) is 17.0. The molecule has 2 amide bonds. The Balaban J connectivity index is 1.52. The molecule has 2 N–H and O–H groups in total. The van der Waals surface area contributed by atoms with Crippen molar-refractivity contribution in [2.45, 2.75) is 45.1 Å². The summed E-state index contributed by atoms with van der Waals surface area (Å²) in [6.07, 6.45) is 4.87. The molecule has 1 atom stereocenters. The standard InChI is InChI=1S/C19H27N3O2/c1-14-8-11-22(12-9-14)19(24)15-4-6-16(7-5-15)21-18(23)13-17-3-2-10-20-17/h4-7,14,17,20H,2-3,8-13H2,1H3,(H,21,23). The lowest BCUT2D eigenvalue weighted by Gasteiger charge is -2.30. The van der Waals surface area contributed by atoms with Gasteiger partial charge in [0.1, 0.15) is 0 Å². The van der Waals surface area contributed by atoms with E-state index in [2.05, 4.69) is 17.6 Å². The van der Waals surface area contributed by atoms with Crippen molar-refractivity contribution in [3.63, 3.8) is 0 Å². The van der Waals surface area contributed by atoms with Crippen LogP contribution in [0.25, 0.3) is 0 Å². The van der Waals surface area contributed by atoms with E-state index in [1.54, 1.807) is 0 Å². The van der Waals surface area contributed by atoms with Gasteiger partial charge in [0.2, 0.25) is 5.91 Å². The second kappa shape index (κ2) is 7.79. The predicted molar refractivity (Wildman–Crippen MR) is 95.0 cm³/mol. The number of carbonyl (C=O) groups is 2. The van der Waals surface area contributed by atoms with Crippen molar-refractivity contribution in [3.05, 3.63) is 29.8 Å². The number of carbonyl (C=O) groups excluding carboxylic acids is 2. The average Bonchev–Trinajstić information content (AvgIpc) is 3.08. The van der Waals surface area contributed by atoms with Gasteiger partial charge >= 0.3 is 0 Å². The summed E-state index contributed by atoms with van der Waals surface area (Å²) in [6.45, 7) is 4.92. The summed E-state index contributed by atoms with van der Waals surface area (Å²) in [4.78, 5) is 26.5. The Bertz CT molecular complexity index is 571. The zero-order chi connectivity index (χ0) is 16.9. The van der Waals surface area contributed by atoms with E-state index >= 15 is 0 Å². The molecule has 0 spiro atoms. The van der Waals surface area contributed by atoms with Crippen molar-refractivity contribution in [1.82, 2.24) is 10.2 Å².